The summed E-state index contributed by atoms with van der Waals surface area (Å²) in [7, 11) is -3.57. The normalized spacial score (nSPS) is 24.7. The summed E-state index contributed by atoms with van der Waals surface area (Å²) in [6.45, 7) is 0.277. The summed E-state index contributed by atoms with van der Waals surface area (Å²) in [5, 5.41) is 4.08. The van der Waals surface area contributed by atoms with Crippen LogP contribution >= 0.6 is 0 Å². The van der Waals surface area contributed by atoms with E-state index in [1.807, 2.05) is 6.07 Å². The Balaban J connectivity index is 1.89. The molecule has 1 amide bonds. The van der Waals surface area contributed by atoms with Crippen molar-refractivity contribution in [3.05, 3.63) is 29.8 Å². The van der Waals surface area contributed by atoms with Crippen molar-refractivity contribution < 1.29 is 17.4 Å². The smallest absolute Gasteiger partial charge is 0.264 e. The average Bonchev–Trinajstić information content (AvgIpc) is 2.81. The second-order valence-electron chi connectivity index (χ2n) is 5.36. The summed E-state index contributed by atoms with van der Waals surface area (Å²) in [5.74, 6) is 0.281. The number of amides is 1. The van der Waals surface area contributed by atoms with E-state index in [0.29, 0.717) is 17.9 Å². The molecule has 22 heavy (non-hydrogen) atoms. The summed E-state index contributed by atoms with van der Waals surface area (Å²) in [4.78, 5) is 13.7. The van der Waals surface area contributed by atoms with Crippen LogP contribution in [0.4, 0.5) is 5.69 Å². The monoisotopic (exact) mass is 324 g/mol. The molecule has 3 N–H and O–H groups in total. The highest BCUT2D eigenvalue weighted by molar-refractivity contribution is 7.86. The Morgan fingerprint density at radius 3 is 2.91 bits per heavy atom. The molecule has 0 bridgehead atoms. The summed E-state index contributed by atoms with van der Waals surface area (Å²) in [6, 6.07) is 6.62. The third-order valence-corrected chi connectivity index (χ3v) is 4.19. The van der Waals surface area contributed by atoms with Gasteiger partial charge in [-0.2, -0.15) is 13.5 Å². The van der Waals surface area contributed by atoms with Crippen LogP contribution in [0.1, 0.15) is 12.0 Å². The maximum atomic E-state index is 11.9. The number of hydrogen-bond donors (Lipinski definition) is 2. The molecule has 8 nitrogen and oxygen atoms in total. The highest BCUT2D eigenvalue weighted by Crippen LogP contribution is 2.26. The molecule has 2 atom stereocenters. The zero-order chi connectivity index (χ0) is 15.9. The Bertz CT molecular complexity index is 746. The summed E-state index contributed by atoms with van der Waals surface area (Å²) in [5.41, 5.74) is 9.58. The number of nitrogen functional groups attached to an aromatic ring is 1. The number of fused-ring (bicyclic) bond motifs is 1. The molecule has 1 aromatic carbocycles. The van der Waals surface area contributed by atoms with Crippen LogP contribution < -0.4 is 11.2 Å². The van der Waals surface area contributed by atoms with Crippen LogP contribution in [-0.2, 0) is 19.1 Å². The molecule has 0 unspecified atom stereocenters. The average molecular weight is 324 g/mol. The number of benzene rings is 1. The summed E-state index contributed by atoms with van der Waals surface area (Å²) < 4.78 is 27.6. The molecule has 0 aliphatic carbocycles. The van der Waals surface area contributed by atoms with Gasteiger partial charge in [-0.3, -0.25) is 8.98 Å². The number of hydrazone groups is 1. The molecule has 1 fully saturated rings. The van der Waals surface area contributed by atoms with Crippen molar-refractivity contribution in [2.75, 3.05) is 18.5 Å². The van der Waals surface area contributed by atoms with Crippen LogP contribution in [0.15, 0.2) is 29.4 Å². The first-order valence-corrected chi connectivity index (χ1v) is 8.53. The fraction of sp³-hybridized carbons (Fsp3) is 0.385. The fourth-order valence-corrected chi connectivity index (χ4v) is 3.39. The maximum Gasteiger partial charge on any atom is 0.264 e. The fourth-order valence-electron chi connectivity index (χ4n) is 2.75. The zero-order valence-electron chi connectivity index (χ0n) is 11.9. The van der Waals surface area contributed by atoms with Crippen molar-refractivity contribution in [1.82, 2.24) is 10.3 Å². The number of rotatable bonds is 3. The van der Waals surface area contributed by atoms with E-state index in [0.717, 1.165) is 11.8 Å². The first kappa shape index (κ1) is 14.8. The van der Waals surface area contributed by atoms with Crippen LogP contribution in [0.5, 0.6) is 0 Å². The molecule has 0 aromatic heterocycles. The van der Waals surface area contributed by atoms with Crippen LogP contribution in [-0.4, -0.2) is 50.0 Å². The SMILES string of the molecule is CS(=O)(=O)O[C@@H]1C[C@H]2C(=O)NN=C(c3cccc(N)c3)N2C1. The van der Waals surface area contributed by atoms with Crippen molar-refractivity contribution in [1.29, 1.82) is 0 Å². The molecule has 1 aromatic rings. The Hall–Kier alpha value is -2.13. The molecule has 0 saturated carbocycles. The van der Waals surface area contributed by atoms with Crippen molar-refractivity contribution in [2.24, 2.45) is 5.10 Å². The lowest BCUT2D eigenvalue weighted by Crippen LogP contribution is -2.50. The Kier molecular flexibility index (Phi) is 3.53. The zero-order valence-corrected chi connectivity index (χ0v) is 12.7. The van der Waals surface area contributed by atoms with Crippen LogP contribution in [0.25, 0.3) is 0 Å². The Morgan fingerprint density at radius 1 is 1.45 bits per heavy atom. The van der Waals surface area contributed by atoms with Gasteiger partial charge in [0.2, 0.25) is 0 Å². The van der Waals surface area contributed by atoms with E-state index in [1.54, 1.807) is 23.1 Å². The van der Waals surface area contributed by atoms with Gasteiger partial charge in [0, 0.05) is 24.2 Å². The van der Waals surface area contributed by atoms with Crippen molar-refractivity contribution in [3.63, 3.8) is 0 Å². The van der Waals surface area contributed by atoms with Gasteiger partial charge in [0.25, 0.3) is 16.0 Å². The van der Waals surface area contributed by atoms with Gasteiger partial charge in [-0.15, -0.1) is 0 Å². The molecule has 2 aliphatic heterocycles. The highest BCUT2D eigenvalue weighted by Gasteiger charge is 2.43. The third kappa shape index (κ3) is 2.90. The number of anilines is 1. The van der Waals surface area contributed by atoms with Gasteiger partial charge in [0.05, 0.1) is 12.4 Å². The minimum Gasteiger partial charge on any atom is -0.399 e. The molecule has 0 radical (unpaired) electrons. The number of amidine groups is 1. The standard InChI is InChI=1S/C13H16N4O4S/c1-22(19,20)21-10-6-11-13(18)16-15-12(17(11)7-10)8-3-2-4-9(14)5-8/h2-5,10-11H,6-7,14H2,1H3,(H,16,18)/t10-,11+/m1/s1. The van der Waals surface area contributed by atoms with Crippen molar-refractivity contribution in [2.45, 2.75) is 18.6 Å². The molecule has 118 valence electrons. The number of nitrogens with zero attached hydrogens (tertiary/aromatic N) is 2. The van der Waals surface area contributed by atoms with E-state index in [-0.39, 0.29) is 12.5 Å². The number of carbonyl (C=O) groups is 1. The quantitative estimate of drug-likeness (QED) is 0.571. The molecule has 9 heteroatoms. The first-order chi connectivity index (χ1) is 10.3. The molecule has 2 heterocycles. The number of nitrogens with two attached hydrogens (primary N) is 1. The second kappa shape index (κ2) is 5.25. The molecule has 3 rings (SSSR count). The van der Waals surface area contributed by atoms with Gasteiger partial charge in [0.15, 0.2) is 5.84 Å². The third-order valence-electron chi connectivity index (χ3n) is 3.57. The predicted octanol–water partition coefficient (Wildman–Crippen LogP) is -0.521. The van der Waals surface area contributed by atoms with E-state index in [2.05, 4.69) is 10.5 Å². The van der Waals surface area contributed by atoms with E-state index in [9.17, 15) is 13.2 Å². The van der Waals surface area contributed by atoms with E-state index >= 15 is 0 Å². The van der Waals surface area contributed by atoms with Gasteiger partial charge < -0.3 is 10.6 Å². The molecule has 0 spiro atoms. The summed E-state index contributed by atoms with van der Waals surface area (Å²) in [6.07, 6.45) is 0.715. The Labute approximate surface area is 128 Å². The van der Waals surface area contributed by atoms with E-state index in [1.165, 1.54) is 0 Å². The lowest BCUT2D eigenvalue weighted by Gasteiger charge is -2.30. The van der Waals surface area contributed by atoms with Gasteiger partial charge in [-0.1, -0.05) is 12.1 Å². The molecule has 2 aliphatic rings. The molecular weight excluding hydrogens is 308 g/mol. The van der Waals surface area contributed by atoms with Crippen LogP contribution in [0.3, 0.4) is 0 Å². The lowest BCUT2D eigenvalue weighted by atomic mass is 10.1. The predicted molar refractivity (Wildman–Crippen MR) is 80.4 cm³/mol. The second-order valence-corrected chi connectivity index (χ2v) is 6.96. The highest BCUT2D eigenvalue weighted by atomic mass is 32.2. The van der Waals surface area contributed by atoms with E-state index < -0.39 is 22.3 Å². The van der Waals surface area contributed by atoms with Gasteiger partial charge >= 0.3 is 0 Å². The molecular formula is C13H16N4O4S. The largest absolute Gasteiger partial charge is 0.399 e. The van der Waals surface area contributed by atoms with Crippen LogP contribution in [0, 0.1) is 0 Å². The van der Waals surface area contributed by atoms with Gasteiger partial charge in [-0.25, -0.2) is 5.43 Å². The maximum absolute atomic E-state index is 11.9. The Morgan fingerprint density at radius 2 is 2.23 bits per heavy atom. The van der Waals surface area contributed by atoms with Gasteiger partial charge in [-0.05, 0) is 12.1 Å². The van der Waals surface area contributed by atoms with Gasteiger partial charge in [0.1, 0.15) is 6.04 Å². The first-order valence-electron chi connectivity index (χ1n) is 6.72. The summed E-state index contributed by atoms with van der Waals surface area (Å²) >= 11 is 0. The van der Waals surface area contributed by atoms with Crippen LogP contribution in [0.2, 0.25) is 0 Å². The number of hydrogen-bond acceptors (Lipinski definition) is 7. The molecule has 1 saturated heterocycles. The van der Waals surface area contributed by atoms with Crippen molar-refractivity contribution in [3.8, 4) is 0 Å². The number of nitrogens with one attached hydrogen (secondary N) is 1. The minimum atomic E-state index is -3.57. The minimum absolute atomic E-state index is 0.271. The number of carbonyl (C=O) groups excluding carboxylic acids is 1. The topological polar surface area (TPSA) is 114 Å². The van der Waals surface area contributed by atoms with E-state index in [4.69, 9.17) is 9.92 Å². The lowest BCUT2D eigenvalue weighted by molar-refractivity contribution is -0.125. The van der Waals surface area contributed by atoms with Crippen molar-refractivity contribution >= 4 is 27.5 Å².